The SMILES string of the molecule is COc1ccc(-c2nn(-c3ccccc3)cc2/C=C2/C(=O)N(Cc3ccccc3)C(=O)C(C#N)=C2C)cc1Br. The highest BCUT2D eigenvalue weighted by Crippen LogP contribution is 2.34. The number of halogens is 1. The molecule has 0 fully saturated rings. The van der Waals surface area contributed by atoms with Crippen molar-refractivity contribution in [2.45, 2.75) is 13.5 Å². The lowest BCUT2D eigenvalue weighted by Crippen LogP contribution is -2.42. The molecule has 7 nitrogen and oxygen atoms in total. The van der Waals surface area contributed by atoms with E-state index >= 15 is 0 Å². The van der Waals surface area contributed by atoms with Crippen LogP contribution in [0.2, 0.25) is 0 Å². The quantitative estimate of drug-likeness (QED) is 0.203. The van der Waals surface area contributed by atoms with Crippen LogP contribution in [0.5, 0.6) is 5.75 Å². The molecule has 1 aromatic heterocycles. The summed E-state index contributed by atoms with van der Waals surface area (Å²) in [4.78, 5) is 28.0. The van der Waals surface area contributed by atoms with Gasteiger partial charge in [0.25, 0.3) is 11.8 Å². The Hall–Kier alpha value is -4.74. The second-order valence-corrected chi connectivity index (χ2v) is 9.77. The molecule has 5 rings (SSSR count). The number of para-hydroxylation sites is 1. The monoisotopic (exact) mass is 578 g/mol. The van der Waals surface area contributed by atoms with Crippen LogP contribution < -0.4 is 4.74 Å². The van der Waals surface area contributed by atoms with E-state index in [0.29, 0.717) is 22.6 Å². The molecular weight excluding hydrogens is 556 g/mol. The number of hydrogen-bond acceptors (Lipinski definition) is 5. The summed E-state index contributed by atoms with van der Waals surface area (Å²) in [5.74, 6) is -0.383. The van der Waals surface area contributed by atoms with Crippen LogP contribution in [0.3, 0.4) is 0 Å². The van der Waals surface area contributed by atoms with Gasteiger partial charge < -0.3 is 4.74 Å². The number of benzene rings is 3. The number of amides is 2. The summed E-state index contributed by atoms with van der Waals surface area (Å²) >= 11 is 3.54. The van der Waals surface area contributed by atoms with Crippen molar-refractivity contribution in [3.05, 3.63) is 117 Å². The van der Waals surface area contributed by atoms with Gasteiger partial charge in [0.15, 0.2) is 0 Å². The van der Waals surface area contributed by atoms with Crippen molar-refractivity contribution in [1.29, 1.82) is 5.26 Å². The van der Waals surface area contributed by atoms with E-state index in [4.69, 9.17) is 9.84 Å². The highest BCUT2D eigenvalue weighted by molar-refractivity contribution is 9.10. The van der Waals surface area contributed by atoms with E-state index in [1.54, 1.807) is 24.8 Å². The highest BCUT2D eigenvalue weighted by atomic mass is 79.9. The molecule has 4 aromatic rings. The summed E-state index contributed by atoms with van der Waals surface area (Å²) in [5, 5.41) is 14.7. The van der Waals surface area contributed by atoms with Gasteiger partial charge >= 0.3 is 0 Å². The first-order valence-corrected chi connectivity index (χ1v) is 12.9. The predicted molar refractivity (Wildman–Crippen MR) is 152 cm³/mol. The Morgan fingerprint density at radius 1 is 1.00 bits per heavy atom. The van der Waals surface area contributed by atoms with Crippen LogP contribution in [0.1, 0.15) is 18.1 Å². The molecule has 1 aliphatic heterocycles. The number of carbonyl (C=O) groups is 2. The maximum Gasteiger partial charge on any atom is 0.271 e. The molecule has 0 aliphatic carbocycles. The van der Waals surface area contributed by atoms with Gasteiger partial charge in [-0.2, -0.15) is 10.4 Å². The minimum absolute atomic E-state index is 0.0547. The van der Waals surface area contributed by atoms with E-state index in [9.17, 15) is 14.9 Å². The van der Waals surface area contributed by atoms with Gasteiger partial charge in [-0.25, -0.2) is 4.68 Å². The number of methoxy groups -OCH3 is 1. The molecule has 0 bridgehead atoms. The normalized spacial score (nSPS) is 14.6. The maximum absolute atomic E-state index is 13.7. The minimum atomic E-state index is -0.597. The Morgan fingerprint density at radius 2 is 1.69 bits per heavy atom. The van der Waals surface area contributed by atoms with E-state index in [0.717, 1.165) is 26.2 Å². The summed E-state index contributed by atoms with van der Waals surface area (Å²) in [6, 6.07) is 26.5. The fraction of sp³-hybridized carbons (Fsp3) is 0.0968. The smallest absolute Gasteiger partial charge is 0.271 e. The second-order valence-electron chi connectivity index (χ2n) is 8.91. The summed E-state index contributed by atoms with van der Waals surface area (Å²) in [6.07, 6.45) is 3.54. The Kier molecular flexibility index (Phi) is 7.26. The first-order valence-electron chi connectivity index (χ1n) is 12.1. The zero-order chi connectivity index (χ0) is 27.5. The number of aromatic nitrogens is 2. The van der Waals surface area contributed by atoms with E-state index in [1.165, 1.54) is 0 Å². The van der Waals surface area contributed by atoms with Gasteiger partial charge in [-0.3, -0.25) is 14.5 Å². The molecule has 0 saturated carbocycles. The van der Waals surface area contributed by atoms with Crippen molar-refractivity contribution in [2.24, 2.45) is 0 Å². The molecule has 39 heavy (non-hydrogen) atoms. The van der Waals surface area contributed by atoms with Crippen LogP contribution >= 0.6 is 15.9 Å². The van der Waals surface area contributed by atoms with E-state index in [-0.39, 0.29) is 17.7 Å². The minimum Gasteiger partial charge on any atom is -0.496 e. The van der Waals surface area contributed by atoms with Gasteiger partial charge in [0.1, 0.15) is 23.1 Å². The van der Waals surface area contributed by atoms with Gasteiger partial charge in [-0.1, -0.05) is 48.5 Å². The van der Waals surface area contributed by atoms with E-state index in [1.807, 2.05) is 91.1 Å². The highest BCUT2D eigenvalue weighted by Gasteiger charge is 2.35. The molecule has 0 radical (unpaired) electrons. The third kappa shape index (κ3) is 5.05. The van der Waals surface area contributed by atoms with Crippen LogP contribution in [0.15, 0.2) is 106 Å². The number of nitrogens with zero attached hydrogens (tertiary/aromatic N) is 4. The largest absolute Gasteiger partial charge is 0.496 e. The van der Waals surface area contributed by atoms with Gasteiger partial charge in [-0.05, 0) is 70.4 Å². The molecule has 2 heterocycles. The number of imide groups is 1. The summed E-state index contributed by atoms with van der Waals surface area (Å²) in [7, 11) is 1.60. The van der Waals surface area contributed by atoms with Crippen molar-refractivity contribution in [3.8, 4) is 28.8 Å². The van der Waals surface area contributed by atoms with Gasteiger partial charge in [-0.15, -0.1) is 0 Å². The van der Waals surface area contributed by atoms with Gasteiger partial charge in [0.05, 0.1) is 23.8 Å². The van der Waals surface area contributed by atoms with Crippen molar-refractivity contribution < 1.29 is 14.3 Å². The molecular formula is C31H23BrN4O3. The van der Waals surface area contributed by atoms with Crippen molar-refractivity contribution in [1.82, 2.24) is 14.7 Å². The zero-order valence-electron chi connectivity index (χ0n) is 21.3. The van der Waals surface area contributed by atoms with Crippen LogP contribution in [-0.2, 0) is 16.1 Å². The lowest BCUT2D eigenvalue weighted by Gasteiger charge is -2.27. The maximum atomic E-state index is 13.7. The Labute approximate surface area is 234 Å². The Balaban J connectivity index is 1.66. The lowest BCUT2D eigenvalue weighted by atomic mass is 9.93. The molecule has 0 saturated heterocycles. The number of ether oxygens (including phenoxy) is 1. The molecule has 0 spiro atoms. The first kappa shape index (κ1) is 25.9. The molecule has 0 atom stereocenters. The average Bonchev–Trinajstić information content (AvgIpc) is 3.39. The van der Waals surface area contributed by atoms with Gasteiger partial charge in [0.2, 0.25) is 0 Å². The molecule has 0 N–H and O–H groups in total. The van der Waals surface area contributed by atoms with Crippen molar-refractivity contribution in [3.63, 3.8) is 0 Å². The number of hydrogen-bond donors (Lipinski definition) is 0. The van der Waals surface area contributed by atoms with Crippen LogP contribution in [0, 0.1) is 11.3 Å². The van der Waals surface area contributed by atoms with E-state index in [2.05, 4.69) is 15.9 Å². The number of rotatable bonds is 6. The molecule has 0 unspecified atom stereocenters. The summed E-state index contributed by atoms with van der Waals surface area (Å²) in [5.41, 5.74) is 4.26. The molecule has 192 valence electrons. The molecule has 8 heteroatoms. The fourth-order valence-corrected chi connectivity index (χ4v) is 4.98. The number of nitriles is 1. The van der Waals surface area contributed by atoms with Gasteiger partial charge in [0, 0.05) is 22.9 Å². The third-order valence-corrected chi connectivity index (χ3v) is 7.12. The van der Waals surface area contributed by atoms with Crippen LogP contribution in [0.4, 0.5) is 0 Å². The first-order chi connectivity index (χ1) is 18.9. The summed E-state index contributed by atoms with van der Waals surface area (Å²) in [6.45, 7) is 1.70. The second kappa shape index (κ2) is 10.9. The van der Waals surface area contributed by atoms with Crippen LogP contribution in [0.25, 0.3) is 23.0 Å². The summed E-state index contributed by atoms with van der Waals surface area (Å²) < 4.78 is 7.88. The molecule has 2 amide bonds. The lowest BCUT2D eigenvalue weighted by molar-refractivity contribution is -0.141. The van der Waals surface area contributed by atoms with Crippen molar-refractivity contribution >= 4 is 33.8 Å². The zero-order valence-corrected chi connectivity index (χ0v) is 22.8. The topological polar surface area (TPSA) is 88.2 Å². The van der Waals surface area contributed by atoms with Crippen LogP contribution in [-0.4, -0.2) is 33.6 Å². The predicted octanol–water partition coefficient (Wildman–Crippen LogP) is 6.10. The Bertz CT molecular complexity index is 1680. The molecule has 1 aliphatic rings. The molecule has 3 aromatic carbocycles. The van der Waals surface area contributed by atoms with Crippen molar-refractivity contribution in [2.75, 3.05) is 7.11 Å². The number of carbonyl (C=O) groups excluding carboxylic acids is 2. The Morgan fingerprint density at radius 3 is 2.33 bits per heavy atom. The standard InChI is InChI=1S/C31H23BrN4O3/c1-20-25(30(37)35(31(38)26(20)17-33)18-21-9-5-3-6-10-21)15-23-19-36(24-11-7-4-8-12-24)34-29(23)22-13-14-28(39-2)27(32)16-22/h3-16,19H,18H2,1-2H3/b25-15+. The fourth-order valence-electron chi connectivity index (χ4n) is 4.44. The average molecular weight is 579 g/mol. The van der Waals surface area contributed by atoms with E-state index < -0.39 is 11.8 Å². The third-order valence-electron chi connectivity index (χ3n) is 6.50.